The van der Waals surface area contributed by atoms with Crippen LogP contribution in [0.4, 0.5) is 17.8 Å². The van der Waals surface area contributed by atoms with Crippen molar-refractivity contribution in [2.24, 2.45) is 0 Å². The minimum absolute atomic E-state index is 0.0929. The van der Waals surface area contributed by atoms with E-state index in [-0.39, 0.29) is 54.7 Å². The Labute approximate surface area is 610 Å². The Morgan fingerprint density at radius 3 is 1.00 bits per heavy atom. The van der Waals surface area contributed by atoms with Crippen molar-refractivity contribution in [1.82, 2.24) is 68.5 Å². The molecule has 0 bridgehead atoms. The van der Waals surface area contributed by atoms with Gasteiger partial charge in [0.05, 0.1) is 73.3 Å². The van der Waals surface area contributed by atoms with Gasteiger partial charge in [-0.1, -0.05) is 0 Å². The predicted octanol–water partition coefficient (Wildman–Crippen LogP) is 11.3. The van der Waals surface area contributed by atoms with Crippen molar-refractivity contribution in [3.63, 3.8) is 0 Å². The summed E-state index contributed by atoms with van der Waals surface area (Å²) in [6.45, 7) is 11.8. The number of hydrogen-bond donors (Lipinski definition) is 6. The fraction of sp³-hybridized carbons (Fsp3) is 0.577. The lowest BCUT2D eigenvalue weighted by Crippen LogP contribution is -2.23. The lowest BCUT2D eigenvalue weighted by atomic mass is 9.85. The summed E-state index contributed by atoms with van der Waals surface area (Å²) in [4.78, 5) is 31.8. The van der Waals surface area contributed by atoms with Crippen LogP contribution in [0.15, 0.2) is 91.8 Å². The summed E-state index contributed by atoms with van der Waals surface area (Å²) >= 11 is 0. The summed E-state index contributed by atoms with van der Waals surface area (Å²) < 4.78 is 40.4. The third-order valence-corrected chi connectivity index (χ3v) is 21.4. The summed E-state index contributed by atoms with van der Waals surface area (Å²) in [5, 5.41) is 54.8. The van der Waals surface area contributed by atoms with Crippen molar-refractivity contribution in [3.05, 3.63) is 109 Å². The highest BCUT2D eigenvalue weighted by Crippen LogP contribution is 2.42. The number of likely N-dealkylation sites (tertiary alicyclic amines) is 2. The summed E-state index contributed by atoms with van der Waals surface area (Å²) in [6.07, 6.45) is 28.4. The third-order valence-electron chi connectivity index (χ3n) is 21.4. The predicted molar refractivity (Wildman–Crippen MR) is 401 cm³/mol. The van der Waals surface area contributed by atoms with Crippen LogP contribution in [0.3, 0.4) is 0 Å². The Hall–Kier alpha value is -8.21. The molecule has 26 heteroatoms. The Kier molecular flexibility index (Phi) is 24.8. The smallest absolute Gasteiger partial charge is 0.241 e. The Balaban J connectivity index is 0.000000139. The van der Waals surface area contributed by atoms with Crippen LogP contribution in [0, 0.1) is 0 Å². The second-order valence-electron chi connectivity index (χ2n) is 29.9. The molecule has 0 amide bonds. The van der Waals surface area contributed by atoms with Crippen LogP contribution < -0.4 is 30.2 Å². The average molecular weight is 1430 g/mol. The topological polar surface area (TPSA) is 288 Å². The number of aliphatic hydroxyl groups excluding tert-OH is 3. The molecule has 9 aromatic heterocycles. The van der Waals surface area contributed by atoms with Crippen LogP contribution in [0.25, 0.3) is 49.9 Å². The average Bonchev–Trinajstić information content (AvgIpc) is 1.63. The number of nitrogens with zero attached hydrogens (tertiary/aromatic N) is 14. The Morgan fingerprint density at radius 1 is 0.404 bits per heavy atom. The van der Waals surface area contributed by atoms with Crippen LogP contribution in [-0.2, 0) is 14.2 Å². The van der Waals surface area contributed by atoms with E-state index in [1.807, 2.05) is 108 Å². The van der Waals surface area contributed by atoms with Gasteiger partial charge in [0.15, 0.2) is 0 Å². The van der Waals surface area contributed by atoms with Gasteiger partial charge in [0, 0.05) is 154 Å². The molecule has 0 spiro atoms. The van der Waals surface area contributed by atoms with Crippen LogP contribution in [0.5, 0.6) is 17.6 Å². The van der Waals surface area contributed by atoms with Gasteiger partial charge in [-0.3, -0.25) is 0 Å². The minimum Gasteiger partial charge on any atom is -0.474 e. The van der Waals surface area contributed by atoms with Crippen molar-refractivity contribution in [2.45, 2.75) is 209 Å². The summed E-state index contributed by atoms with van der Waals surface area (Å²) in [5.74, 6) is 4.73. The first-order valence-electron chi connectivity index (χ1n) is 37.8. The number of fused-ring (bicyclic) bond motifs is 3. The maximum Gasteiger partial charge on any atom is 0.241 e. The largest absolute Gasteiger partial charge is 0.474 e. The number of hydrogen-bond acceptors (Lipinski definition) is 23. The number of likely N-dealkylation sites (N-methyl/N-ethyl adjacent to an activating group) is 2. The summed E-state index contributed by atoms with van der Waals surface area (Å²) in [5.41, 5.74) is 12.7. The molecule has 0 radical (unpaired) electrons. The third kappa shape index (κ3) is 18.5. The van der Waals surface area contributed by atoms with Gasteiger partial charge in [-0.2, -0.15) is 0 Å². The monoisotopic (exact) mass is 1430 g/mol. The van der Waals surface area contributed by atoms with Crippen LogP contribution >= 0.6 is 0 Å². The van der Waals surface area contributed by atoms with Gasteiger partial charge < -0.3 is 69.5 Å². The van der Waals surface area contributed by atoms with Gasteiger partial charge in [0.2, 0.25) is 35.5 Å². The molecule has 6 fully saturated rings. The quantitative estimate of drug-likeness (QED) is 0.0328. The first-order valence-corrected chi connectivity index (χ1v) is 37.8. The zero-order chi connectivity index (χ0) is 72.2. The van der Waals surface area contributed by atoms with Gasteiger partial charge in [0.25, 0.3) is 0 Å². The van der Waals surface area contributed by atoms with Gasteiger partial charge in [-0.25, -0.2) is 43.5 Å². The number of pyridine rings is 3. The maximum absolute atomic E-state index is 10.0. The molecule has 4 saturated carbocycles. The van der Waals surface area contributed by atoms with Crippen molar-refractivity contribution in [1.29, 1.82) is 0 Å². The molecule has 5 atom stereocenters. The van der Waals surface area contributed by atoms with E-state index in [2.05, 4.69) is 87.9 Å². The van der Waals surface area contributed by atoms with Crippen molar-refractivity contribution in [3.8, 4) is 51.0 Å². The Morgan fingerprint density at radius 2 is 0.712 bits per heavy atom. The van der Waals surface area contributed by atoms with Gasteiger partial charge in [-0.05, 0) is 204 Å². The molecule has 6 N–H and O–H groups in total. The molecule has 26 nitrogen and oxygen atoms in total. The maximum atomic E-state index is 10.0. The summed E-state index contributed by atoms with van der Waals surface area (Å²) in [6, 6.07) is 19.1. The highest BCUT2D eigenvalue weighted by atomic mass is 16.5. The lowest BCUT2D eigenvalue weighted by molar-refractivity contribution is 0.121. The number of methoxy groups -OCH3 is 3. The molecular weight excluding hydrogens is 1320 g/mol. The second kappa shape index (κ2) is 34.8. The molecule has 0 aromatic carbocycles. The zero-order valence-corrected chi connectivity index (χ0v) is 61.8. The second-order valence-corrected chi connectivity index (χ2v) is 29.9. The summed E-state index contributed by atoms with van der Waals surface area (Å²) in [7, 11) is 9.30. The molecule has 104 heavy (non-hydrogen) atoms. The van der Waals surface area contributed by atoms with E-state index in [9.17, 15) is 15.3 Å². The number of ether oxygens (including phenoxy) is 6. The number of aliphatic hydroxyl groups is 3. The molecule has 11 heterocycles. The molecule has 2 aliphatic heterocycles. The number of aromatic nitrogens is 12. The molecule has 15 rings (SSSR count). The lowest BCUT2D eigenvalue weighted by Gasteiger charge is -2.25. The van der Waals surface area contributed by atoms with Crippen molar-refractivity contribution >= 4 is 34.4 Å². The van der Waals surface area contributed by atoms with Gasteiger partial charge >= 0.3 is 0 Å². The molecule has 0 unspecified atom stereocenters. The fourth-order valence-electron chi connectivity index (χ4n) is 15.9. The standard InChI is InChI=1S/2C26H36N6O3.C26H35N5O3/c2*1-17(16-34-3)29-26-28-14-24-22(13-23(32(24)30-26)18-4-6-20(33)7-5-18)19-8-10-27-25(12-19)35-21-9-11-31(2)15-21;1-17(16-33-2)29-26-28-15-24-22(14-23(31(24)30-26)18-7-9-20(32)10-8-18)19-11-12-27-25(13-19)34-21-5-3-4-6-21/h2*8,10,12-14,17-18,20-21,33H,4-7,9,11,15-16H2,1-3H3,(H,29,30);11-15,17-18,20-21,32H,3-10,16H2,1-2H3,(H,29,30)/t17-,18?,20?,21+;17-,18?,20?,21-;17-,18?,20?/m000/s1. The van der Waals surface area contributed by atoms with E-state index in [1.165, 1.54) is 12.8 Å². The molecule has 4 aliphatic carbocycles. The van der Waals surface area contributed by atoms with E-state index in [0.29, 0.717) is 73.1 Å². The van der Waals surface area contributed by atoms with Crippen molar-refractivity contribution < 1.29 is 43.7 Å². The highest BCUT2D eigenvalue weighted by Gasteiger charge is 2.31. The van der Waals surface area contributed by atoms with Crippen LogP contribution in [0.2, 0.25) is 0 Å². The molecule has 6 aliphatic rings. The zero-order valence-electron chi connectivity index (χ0n) is 61.8. The highest BCUT2D eigenvalue weighted by molar-refractivity contribution is 5.84. The van der Waals surface area contributed by atoms with Crippen LogP contribution in [0.1, 0.15) is 171 Å². The van der Waals surface area contributed by atoms with E-state index in [4.69, 9.17) is 43.7 Å². The van der Waals surface area contributed by atoms with E-state index in [0.717, 1.165) is 196 Å². The SMILES string of the molecule is COC[C@H](C)Nc1ncc2c(-c3ccnc(OC4CCCC4)c3)cc(C3CCC(O)CC3)n2n1.COC[C@H](C)Nc1ncc2c(-c3ccnc(O[C@@H]4CCN(C)C4)c3)cc(C3CCC(O)CC3)n2n1.COC[C@H](C)Nc1ncc2c(-c3ccnc(O[C@H]4CCN(C)C4)c3)cc(C3CCC(O)CC3)n2n1. The molecule has 9 aromatic rings. The van der Waals surface area contributed by atoms with Crippen LogP contribution in [-0.4, -0.2) is 220 Å². The number of nitrogens with one attached hydrogen (secondary N) is 3. The minimum atomic E-state index is -0.201. The first kappa shape index (κ1) is 74.1. The molecule has 2 saturated heterocycles. The van der Waals surface area contributed by atoms with E-state index in [1.54, 1.807) is 21.3 Å². The first-order chi connectivity index (χ1) is 50.6. The van der Waals surface area contributed by atoms with Gasteiger partial charge in [-0.15, -0.1) is 15.3 Å². The number of rotatable bonds is 24. The normalized spacial score (nSPS) is 23.5. The van der Waals surface area contributed by atoms with E-state index >= 15 is 0 Å². The molecule has 558 valence electrons. The van der Waals surface area contributed by atoms with Crippen molar-refractivity contribution in [2.75, 3.05) is 97.4 Å². The Bertz CT molecular complexity index is 4060. The van der Waals surface area contributed by atoms with Gasteiger partial charge in [0.1, 0.15) is 18.3 Å². The molecular formula is C78H107N17O9. The van der Waals surface area contributed by atoms with E-state index < -0.39 is 0 Å². The fourth-order valence-corrected chi connectivity index (χ4v) is 15.9. The number of anilines is 3.